The number of likely N-dealkylation sites (N-methyl/N-ethyl adjacent to an activating group) is 1. The lowest BCUT2D eigenvalue weighted by molar-refractivity contribution is 0.283. The maximum atomic E-state index is 4.68. The number of nitrogens with one attached hydrogen (secondary N) is 2. The Hall–Kier alpha value is -0.0800. The average Bonchev–Trinajstić information content (AvgIpc) is 3.19. The monoisotopic (exact) mass is 395 g/mol. The fraction of sp³-hybridized carbons (Fsp3) is 0.929. The summed E-state index contributed by atoms with van der Waals surface area (Å²) in [7, 11) is 2.21. The molecule has 0 radical (unpaired) electrons. The Balaban J connectivity index is 0.00000200. The van der Waals surface area contributed by atoms with E-state index in [1.807, 2.05) is 0 Å². The predicted molar refractivity (Wildman–Crippen MR) is 96.1 cm³/mol. The van der Waals surface area contributed by atoms with E-state index in [2.05, 4.69) is 39.4 Å². The van der Waals surface area contributed by atoms with Gasteiger partial charge in [0.1, 0.15) is 0 Å². The van der Waals surface area contributed by atoms with Crippen molar-refractivity contribution in [3.05, 3.63) is 0 Å². The highest BCUT2D eigenvalue weighted by molar-refractivity contribution is 14.0. The Kier molecular flexibility index (Phi) is 8.79. The molecule has 0 amide bonds. The summed E-state index contributed by atoms with van der Waals surface area (Å²) in [5.41, 5.74) is 0. The molecule has 20 heavy (non-hydrogen) atoms. The Bertz CT molecular complexity index is 293. The maximum Gasteiger partial charge on any atom is 0.191 e. The van der Waals surface area contributed by atoms with E-state index in [1.165, 1.54) is 45.4 Å². The first-order valence-corrected chi connectivity index (χ1v) is 7.73. The van der Waals surface area contributed by atoms with Gasteiger partial charge < -0.3 is 20.4 Å². The van der Waals surface area contributed by atoms with Gasteiger partial charge in [-0.1, -0.05) is 0 Å². The molecule has 2 fully saturated rings. The molecule has 1 saturated heterocycles. The smallest absolute Gasteiger partial charge is 0.191 e. The molecule has 5 nitrogen and oxygen atoms in total. The van der Waals surface area contributed by atoms with Gasteiger partial charge in [0.05, 0.1) is 6.54 Å². The zero-order valence-corrected chi connectivity index (χ0v) is 15.2. The highest BCUT2D eigenvalue weighted by Crippen LogP contribution is 2.18. The van der Waals surface area contributed by atoms with Crippen LogP contribution < -0.4 is 10.6 Å². The third-order valence-corrected chi connectivity index (χ3v) is 3.76. The molecule has 0 spiro atoms. The normalized spacial score (nSPS) is 22.0. The van der Waals surface area contributed by atoms with Gasteiger partial charge >= 0.3 is 0 Å². The van der Waals surface area contributed by atoms with E-state index in [0.29, 0.717) is 6.04 Å². The molecule has 118 valence electrons. The van der Waals surface area contributed by atoms with Crippen LogP contribution >= 0.6 is 24.0 Å². The number of guanidine groups is 1. The van der Waals surface area contributed by atoms with Crippen molar-refractivity contribution in [2.24, 2.45) is 4.99 Å². The summed E-state index contributed by atoms with van der Waals surface area (Å²) in [6.45, 7) is 9.84. The number of aliphatic imine (C=N–C) groups is 1. The Morgan fingerprint density at radius 1 is 1.20 bits per heavy atom. The molecule has 2 aliphatic rings. The number of nitrogens with zero attached hydrogens (tertiary/aromatic N) is 3. The highest BCUT2D eigenvalue weighted by Gasteiger charge is 2.22. The van der Waals surface area contributed by atoms with Crippen molar-refractivity contribution >= 4 is 29.9 Å². The lowest BCUT2D eigenvalue weighted by Gasteiger charge is -2.19. The summed E-state index contributed by atoms with van der Waals surface area (Å²) in [5.74, 6) is 0.997. The highest BCUT2D eigenvalue weighted by atomic mass is 127. The van der Waals surface area contributed by atoms with Crippen molar-refractivity contribution < 1.29 is 0 Å². The minimum absolute atomic E-state index is 0. The van der Waals surface area contributed by atoms with E-state index in [9.17, 15) is 0 Å². The zero-order valence-electron chi connectivity index (χ0n) is 12.9. The lowest BCUT2D eigenvalue weighted by Crippen LogP contribution is -2.39. The first-order valence-electron chi connectivity index (χ1n) is 7.73. The van der Waals surface area contributed by atoms with Crippen molar-refractivity contribution in [2.75, 3.05) is 52.9 Å². The quantitative estimate of drug-likeness (QED) is 0.414. The van der Waals surface area contributed by atoms with Crippen molar-refractivity contribution in [1.29, 1.82) is 0 Å². The second kappa shape index (κ2) is 9.78. The molecule has 1 saturated carbocycles. The standard InChI is InChI=1S/C14H29N5.HI/c1-3-15-14(17-13-5-6-13)16-7-10-19-9-4-8-18(2)11-12-19;/h13H,3-12H2,1-2H3,(H2,15,16,17);1H. The van der Waals surface area contributed by atoms with E-state index < -0.39 is 0 Å². The first-order chi connectivity index (χ1) is 9.28. The topological polar surface area (TPSA) is 42.9 Å². The SMILES string of the molecule is CCNC(=NCCN1CCCN(C)CC1)NC1CC1.I. The third kappa shape index (κ3) is 7.08. The molecular formula is C14H30IN5. The molecule has 0 aromatic heterocycles. The molecule has 0 aromatic carbocycles. The van der Waals surface area contributed by atoms with Crippen LogP contribution in [0.1, 0.15) is 26.2 Å². The van der Waals surface area contributed by atoms with E-state index in [4.69, 9.17) is 0 Å². The van der Waals surface area contributed by atoms with Gasteiger partial charge in [-0.2, -0.15) is 0 Å². The zero-order chi connectivity index (χ0) is 13.5. The molecule has 2 N–H and O–H groups in total. The van der Waals surface area contributed by atoms with Gasteiger partial charge in [0, 0.05) is 32.2 Å². The van der Waals surface area contributed by atoms with Crippen LogP contribution in [0.5, 0.6) is 0 Å². The lowest BCUT2D eigenvalue weighted by atomic mass is 10.4. The summed E-state index contributed by atoms with van der Waals surface area (Å²) >= 11 is 0. The van der Waals surface area contributed by atoms with Crippen LogP contribution in [0, 0.1) is 0 Å². The molecule has 1 heterocycles. The second-order valence-electron chi connectivity index (χ2n) is 5.68. The number of hydrogen-bond acceptors (Lipinski definition) is 3. The fourth-order valence-corrected chi connectivity index (χ4v) is 2.37. The van der Waals surface area contributed by atoms with Crippen molar-refractivity contribution in [2.45, 2.75) is 32.2 Å². The third-order valence-electron chi connectivity index (χ3n) is 3.76. The van der Waals surface area contributed by atoms with Crippen LogP contribution in [0.2, 0.25) is 0 Å². The van der Waals surface area contributed by atoms with Crippen LogP contribution in [-0.4, -0.2) is 74.7 Å². The van der Waals surface area contributed by atoms with Gasteiger partial charge in [-0.25, -0.2) is 0 Å². The predicted octanol–water partition coefficient (Wildman–Crippen LogP) is 0.959. The Morgan fingerprint density at radius 2 is 2.00 bits per heavy atom. The number of halogens is 1. The van der Waals surface area contributed by atoms with Crippen LogP contribution in [0.4, 0.5) is 0 Å². The largest absolute Gasteiger partial charge is 0.357 e. The van der Waals surface area contributed by atoms with Crippen molar-refractivity contribution in [1.82, 2.24) is 20.4 Å². The number of hydrogen-bond donors (Lipinski definition) is 2. The number of rotatable bonds is 5. The Labute approximate surface area is 140 Å². The molecule has 6 heteroatoms. The van der Waals surface area contributed by atoms with Crippen LogP contribution in [0.3, 0.4) is 0 Å². The van der Waals surface area contributed by atoms with Gasteiger partial charge in [0.15, 0.2) is 5.96 Å². The first kappa shape index (κ1) is 18.0. The molecule has 1 aliphatic carbocycles. The summed E-state index contributed by atoms with van der Waals surface area (Å²) in [6.07, 6.45) is 3.87. The molecule has 0 atom stereocenters. The van der Waals surface area contributed by atoms with Gasteiger partial charge in [-0.3, -0.25) is 4.99 Å². The molecule has 1 aliphatic heterocycles. The van der Waals surface area contributed by atoms with E-state index >= 15 is 0 Å². The van der Waals surface area contributed by atoms with Gasteiger partial charge in [0.25, 0.3) is 0 Å². The van der Waals surface area contributed by atoms with Crippen LogP contribution in [-0.2, 0) is 0 Å². The molecule has 0 bridgehead atoms. The molecule has 0 aromatic rings. The van der Waals surface area contributed by atoms with Crippen molar-refractivity contribution in [3.63, 3.8) is 0 Å². The van der Waals surface area contributed by atoms with Crippen LogP contribution in [0.15, 0.2) is 4.99 Å². The summed E-state index contributed by atoms with van der Waals surface area (Å²) < 4.78 is 0. The van der Waals surface area contributed by atoms with Gasteiger partial charge in [-0.05, 0) is 46.3 Å². The van der Waals surface area contributed by atoms with Gasteiger partial charge in [0.2, 0.25) is 0 Å². The fourth-order valence-electron chi connectivity index (χ4n) is 2.37. The minimum Gasteiger partial charge on any atom is -0.357 e. The van der Waals surface area contributed by atoms with Crippen LogP contribution in [0.25, 0.3) is 0 Å². The summed E-state index contributed by atoms with van der Waals surface area (Å²) in [6, 6.07) is 0.671. The van der Waals surface area contributed by atoms with E-state index in [-0.39, 0.29) is 24.0 Å². The summed E-state index contributed by atoms with van der Waals surface area (Å²) in [4.78, 5) is 9.63. The molecule has 2 rings (SSSR count). The molecule has 0 unspecified atom stereocenters. The Morgan fingerprint density at radius 3 is 2.70 bits per heavy atom. The van der Waals surface area contributed by atoms with Crippen molar-refractivity contribution in [3.8, 4) is 0 Å². The average molecular weight is 395 g/mol. The second-order valence-corrected chi connectivity index (χ2v) is 5.68. The minimum atomic E-state index is 0. The molecular weight excluding hydrogens is 365 g/mol. The van der Waals surface area contributed by atoms with Gasteiger partial charge in [-0.15, -0.1) is 24.0 Å². The van der Waals surface area contributed by atoms with E-state index in [0.717, 1.165) is 25.6 Å². The van der Waals surface area contributed by atoms with E-state index in [1.54, 1.807) is 0 Å². The maximum absolute atomic E-state index is 4.68. The summed E-state index contributed by atoms with van der Waals surface area (Å²) in [5, 5.41) is 6.78.